The minimum absolute atomic E-state index is 0.629. The van der Waals surface area contributed by atoms with E-state index in [2.05, 4.69) is 38.0 Å². The largest absolute Gasteiger partial charge is 0.381 e. The summed E-state index contributed by atoms with van der Waals surface area (Å²) in [6.07, 6.45) is 2.43. The van der Waals surface area contributed by atoms with Crippen molar-refractivity contribution in [3.8, 4) is 0 Å². The second-order valence-corrected chi connectivity index (χ2v) is 5.27. The number of hydrogen-bond donors (Lipinski definition) is 1. The average Bonchev–Trinajstić information content (AvgIpc) is 2.29. The molecule has 1 fully saturated rings. The zero-order valence-corrected chi connectivity index (χ0v) is 11.3. The third-order valence-corrected chi connectivity index (χ3v) is 3.79. The van der Waals surface area contributed by atoms with Crippen molar-refractivity contribution in [2.24, 2.45) is 5.92 Å². The molecule has 16 heavy (non-hydrogen) atoms. The molecule has 1 N–H and O–H groups in total. The second-order valence-electron chi connectivity index (χ2n) is 5.27. The van der Waals surface area contributed by atoms with Crippen molar-refractivity contribution in [1.82, 2.24) is 10.2 Å². The third-order valence-electron chi connectivity index (χ3n) is 3.79. The van der Waals surface area contributed by atoms with Crippen LogP contribution in [-0.4, -0.2) is 50.3 Å². The third kappa shape index (κ3) is 4.81. The number of nitrogens with one attached hydrogen (secondary N) is 1. The molecule has 1 heterocycles. The summed E-state index contributed by atoms with van der Waals surface area (Å²) in [6, 6.07) is 1.27. The molecule has 0 aliphatic carbocycles. The van der Waals surface area contributed by atoms with E-state index < -0.39 is 0 Å². The summed E-state index contributed by atoms with van der Waals surface area (Å²) in [7, 11) is 2.19. The fourth-order valence-corrected chi connectivity index (χ4v) is 2.11. The van der Waals surface area contributed by atoms with Gasteiger partial charge in [-0.3, -0.25) is 0 Å². The van der Waals surface area contributed by atoms with Crippen molar-refractivity contribution in [1.29, 1.82) is 0 Å². The Morgan fingerprint density at radius 2 is 1.88 bits per heavy atom. The maximum Gasteiger partial charge on any atom is 0.0469 e. The molecular formula is C13H28N2O. The number of hydrogen-bond acceptors (Lipinski definition) is 3. The Morgan fingerprint density at radius 1 is 1.25 bits per heavy atom. The second kappa shape index (κ2) is 7.25. The van der Waals surface area contributed by atoms with Gasteiger partial charge in [0, 0.05) is 38.4 Å². The molecule has 1 aliphatic rings. The number of ether oxygens (including phenoxy) is 1. The van der Waals surface area contributed by atoms with Crippen LogP contribution in [0.1, 0.15) is 33.6 Å². The highest BCUT2D eigenvalue weighted by Crippen LogP contribution is 2.18. The van der Waals surface area contributed by atoms with E-state index in [1.54, 1.807) is 0 Å². The molecule has 0 radical (unpaired) electrons. The van der Waals surface area contributed by atoms with Gasteiger partial charge in [0.1, 0.15) is 0 Å². The Bertz CT molecular complexity index is 179. The van der Waals surface area contributed by atoms with Crippen LogP contribution in [0.15, 0.2) is 0 Å². The van der Waals surface area contributed by atoms with Gasteiger partial charge in [0.2, 0.25) is 0 Å². The summed E-state index contributed by atoms with van der Waals surface area (Å²) in [6.45, 7) is 10.9. The first-order valence-corrected chi connectivity index (χ1v) is 6.62. The molecule has 1 rings (SSSR count). The zero-order chi connectivity index (χ0) is 12.0. The van der Waals surface area contributed by atoms with Crippen molar-refractivity contribution < 1.29 is 4.74 Å². The lowest BCUT2D eigenvalue weighted by molar-refractivity contribution is 0.0556. The Hall–Kier alpha value is -0.120. The fraction of sp³-hybridized carbons (Fsp3) is 1.00. The van der Waals surface area contributed by atoms with E-state index in [9.17, 15) is 0 Å². The van der Waals surface area contributed by atoms with Crippen LogP contribution in [0.2, 0.25) is 0 Å². The molecule has 1 saturated heterocycles. The summed E-state index contributed by atoms with van der Waals surface area (Å²) >= 11 is 0. The summed E-state index contributed by atoms with van der Waals surface area (Å²) in [5.74, 6) is 0.804. The molecule has 1 atom stereocenters. The number of rotatable bonds is 6. The van der Waals surface area contributed by atoms with Gasteiger partial charge < -0.3 is 15.0 Å². The first-order valence-electron chi connectivity index (χ1n) is 6.62. The summed E-state index contributed by atoms with van der Waals surface area (Å²) < 4.78 is 5.39. The minimum Gasteiger partial charge on any atom is -0.381 e. The molecule has 0 aromatic carbocycles. The van der Waals surface area contributed by atoms with Crippen molar-refractivity contribution >= 4 is 0 Å². The lowest BCUT2D eigenvalue weighted by Gasteiger charge is -2.29. The van der Waals surface area contributed by atoms with Gasteiger partial charge >= 0.3 is 0 Å². The average molecular weight is 228 g/mol. The van der Waals surface area contributed by atoms with E-state index in [-0.39, 0.29) is 0 Å². The van der Waals surface area contributed by atoms with Gasteiger partial charge in [-0.1, -0.05) is 0 Å². The molecule has 0 saturated carbocycles. The maximum atomic E-state index is 5.39. The van der Waals surface area contributed by atoms with Crippen LogP contribution < -0.4 is 5.32 Å². The monoisotopic (exact) mass is 228 g/mol. The molecule has 1 unspecified atom stereocenters. The normalized spacial score (nSPS) is 20.6. The zero-order valence-electron chi connectivity index (χ0n) is 11.3. The lowest BCUT2D eigenvalue weighted by atomic mass is 9.93. The quantitative estimate of drug-likeness (QED) is 0.749. The van der Waals surface area contributed by atoms with E-state index in [1.807, 2.05) is 0 Å². The van der Waals surface area contributed by atoms with Crippen LogP contribution in [0.4, 0.5) is 0 Å². The predicted molar refractivity (Wildman–Crippen MR) is 68.8 cm³/mol. The number of likely N-dealkylation sites (N-methyl/N-ethyl adjacent to an activating group) is 1. The van der Waals surface area contributed by atoms with Gasteiger partial charge in [-0.25, -0.2) is 0 Å². The highest BCUT2D eigenvalue weighted by Gasteiger charge is 2.19. The smallest absolute Gasteiger partial charge is 0.0469 e. The molecule has 3 nitrogen and oxygen atoms in total. The molecule has 0 amide bonds. The van der Waals surface area contributed by atoms with Gasteiger partial charge in [0.25, 0.3) is 0 Å². The van der Waals surface area contributed by atoms with Crippen LogP contribution in [0.25, 0.3) is 0 Å². The van der Waals surface area contributed by atoms with E-state index in [4.69, 9.17) is 4.74 Å². The predicted octanol–water partition coefficient (Wildman–Crippen LogP) is 1.73. The van der Waals surface area contributed by atoms with E-state index in [0.29, 0.717) is 12.1 Å². The van der Waals surface area contributed by atoms with Crippen molar-refractivity contribution in [3.63, 3.8) is 0 Å². The minimum atomic E-state index is 0.629. The first-order chi connectivity index (χ1) is 7.61. The van der Waals surface area contributed by atoms with Crippen molar-refractivity contribution in [2.45, 2.75) is 45.7 Å². The summed E-state index contributed by atoms with van der Waals surface area (Å²) in [4.78, 5) is 2.38. The molecule has 0 aromatic rings. The Kier molecular flexibility index (Phi) is 6.32. The highest BCUT2D eigenvalue weighted by molar-refractivity contribution is 4.75. The van der Waals surface area contributed by atoms with E-state index >= 15 is 0 Å². The standard InChI is InChI=1S/C13H28N2O/c1-11(2)15(4)8-7-14-12(3)13-5-9-16-10-6-13/h11-14H,5-10H2,1-4H3. The van der Waals surface area contributed by atoms with Crippen molar-refractivity contribution in [3.05, 3.63) is 0 Å². The van der Waals surface area contributed by atoms with E-state index in [1.165, 1.54) is 12.8 Å². The summed E-state index contributed by atoms with van der Waals surface area (Å²) in [5, 5.41) is 3.64. The Morgan fingerprint density at radius 3 is 2.44 bits per heavy atom. The first kappa shape index (κ1) is 13.9. The topological polar surface area (TPSA) is 24.5 Å². The van der Waals surface area contributed by atoms with Crippen LogP contribution in [0.3, 0.4) is 0 Å². The lowest BCUT2D eigenvalue weighted by Crippen LogP contribution is -2.41. The van der Waals surface area contributed by atoms with Gasteiger partial charge in [0.05, 0.1) is 0 Å². The SMILES string of the molecule is CC(NCCN(C)C(C)C)C1CCOCC1. The van der Waals surface area contributed by atoms with Crippen LogP contribution in [0, 0.1) is 5.92 Å². The van der Waals surface area contributed by atoms with Crippen LogP contribution in [0.5, 0.6) is 0 Å². The maximum absolute atomic E-state index is 5.39. The van der Waals surface area contributed by atoms with Crippen LogP contribution in [-0.2, 0) is 4.74 Å². The van der Waals surface area contributed by atoms with Gasteiger partial charge in [-0.15, -0.1) is 0 Å². The van der Waals surface area contributed by atoms with Gasteiger partial charge in [-0.2, -0.15) is 0 Å². The van der Waals surface area contributed by atoms with Crippen LogP contribution >= 0.6 is 0 Å². The molecular weight excluding hydrogens is 200 g/mol. The Labute approximate surface area is 101 Å². The molecule has 3 heteroatoms. The highest BCUT2D eigenvalue weighted by atomic mass is 16.5. The Balaban J connectivity index is 2.11. The van der Waals surface area contributed by atoms with Gasteiger partial charge in [0.15, 0.2) is 0 Å². The molecule has 0 aromatic heterocycles. The summed E-state index contributed by atoms with van der Waals surface area (Å²) in [5.41, 5.74) is 0. The number of nitrogens with zero attached hydrogens (tertiary/aromatic N) is 1. The molecule has 0 bridgehead atoms. The molecule has 96 valence electrons. The van der Waals surface area contributed by atoms with E-state index in [0.717, 1.165) is 32.2 Å². The van der Waals surface area contributed by atoms with Crippen molar-refractivity contribution in [2.75, 3.05) is 33.4 Å². The molecule has 0 spiro atoms. The van der Waals surface area contributed by atoms with Gasteiger partial charge in [-0.05, 0) is 46.6 Å². The molecule has 1 aliphatic heterocycles. The fourth-order valence-electron chi connectivity index (χ4n) is 2.11.